The van der Waals surface area contributed by atoms with Crippen LogP contribution in [0.4, 0.5) is 5.69 Å². The lowest BCUT2D eigenvalue weighted by molar-refractivity contribution is 0.601. The van der Waals surface area contributed by atoms with Gasteiger partial charge in [-0.15, -0.1) is 11.6 Å². The second-order valence-corrected chi connectivity index (χ2v) is 7.41. The third-order valence-corrected chi connectivity index (χ3v) is 5.67. The number of sulfone groups is 1. The van der Waals surface area contributed by atoms with E-state index in [2.05, 4.69) is 11.0 Å². The lowest BCUT2D eigenvalue weighted by Gasteiger charge is -2.26. The first-order valence-corrected chi connectivity index (χ1v) is 8.37. The average molecular weight is 288 g/mol. The molecule has 1 aromatic rings. The molecule has 1 aromatic carbocycles. The minimum Gasteiger partial charge on any atom is -0.371 e. The molecule has 2 rings (SSSR count). The molecule has 1 atom stereocenters. The van der Waals surface area contributed by atoms with Gasteiger partial charge in [0.25, 0.3) is 0 Å². The van der Waals surface area contributed by atoms with Crippen LogP contribution in [0.3, 0.4) is 0 Å². The largest absolute Gasteiger partial charge is 0.371 e. The van der Waals surface area contributed by atoms with Crippen molar-refractivity contribution in [3.8, 4) is 0 Å². The SMILES string of the molecule is Cc1cc(N(C)C2CCS(=O)(=O)C2)ccc1CCl. The third-order valence-electron chi connectivity index (χ3n) is 3.63. The van der Waals surface area contributed by atoms with Crippen molar-refractivity contribution in [2.75, 3.05) is 23.5 Å². The van der Waals surface area contributed by atoms with Crippen LogP contribution < -0.4 is 4.90 Å². The van der Waals surface area contributed by atoms with Crippen LogP contribution in [-0.2, 0) is 15.7 Å². The van der Waals surface area contributed by atoms with Crippen LogP contribution in [0, 0.1) is 6.92 Å². The van der Waals surface area contributed by atoms with Crippen molar-refractivity contribution in [2.24, 2.45) is 0 Å². The monoisotopic (exact) mass is 287 g/mol. The molecule has 100 valence electrons. The van der Waals surface area contributed by atoms with Crippen molar-refractivity contribution in [3.63, 3.8) is 0 Å². The van der Waals surface area contributed by atoms with Gasteiger partial charge in [-0.1, -0.05) is 6.07 Å². The summed E-state index contributed by atoms with van der Waals surface area (Å²) in [5, 5.41) is 0. The predicted octanol–water partition coefficient (Wildman–Crippen LogP) is 2.36. The molecule has 1 unspecified atom stereocenters. The third kappa shape index (κ3) is 2.81. The number of hydrogen-bond acceptors (Lipinski definition) is 3. The Morgan fingerprint density at radius 1 is 1.44 bits per heavy atom. The molecule has 18 heavy (non-hydrogen) atoms. The fourth-order valence-corrected chi connectivity index (χ4v) is 4.42. The van der Waals surface area contributed by atoms with Gasteiger partial charge < -0.3 is 4.90 Å². The molecule has 3 nitrogen and oxygen atoms in total. The van der Waals surface area contributed by atoms with Crippen molar-refractivity contribution >= 4 is 27.1 Å². The lowest BCUT2D eigenvalue weighted by Crippen LogP contribution is -2.32. The number of anilines is 1. The van der Waals surface area contributed by atoms with E-state index in [0.29, 0.717) is 11.6 Å². The van der Waals surface area contributed by atoms with Gasteiger partial charge in [0.05, 0.1) is 11.5 Å². The van der Waals surface area contributed by atoms with Crippen molar-refractivity contribution in [3.05, 3.63) is 29.3 Å². The highest BCUT2D eigenvalue weighted by atomic mass is 35.5. The molecule has 0 aliphatic carbocycles. The Morgan fingerprint density at radius 3 is 2.67 bits per heavy atom. The van der Waals surface area contributed by atoms with Gasteiger partial charge in [-0.3, -0.25) is 0 Å². The summed E-state index contributed by atoms with van der Waals surface area (Å²) < 4.78 is 23.0. The van der Waals surface area contributed by atoms with Crippen LogP contribution in [0.25, 0.3) is 0 Å². The minimum atomic E-state index is -2.83. The number of nitrogens with zero attached hydrogens (tertiary/aromatic N) is 1. The van der Waals surface area contributed by atoms with Crippen molar-refractivity contribution < 1.29 is 8.42 Å². The van der Waals surface area contributed by atoms with Crippen molar-refractivity contribution in [2.45, 2.75) is 25.3 Å². The molecule has 1 aliphatic rings. The Hall–Kier alpha value is -0.740. The first-order valence-electron chi connectivity index (χ1n) is 6.02. The van der Waals surface area contributed by atoms with Crippen LogP contribution in [0.15, 0.2) is 18.2 Å². The summed E-state index contributed by atoms with van der Waals surface area (Å²) in [6, 6.07) is 6.19. The van der Waals surface area contributed by atoms with Gasteiger partial charge in [-0.05, 0) is 36.6 Å². The van der Waals surface area contributed by atoms with Gasteiger partial charge in [0.15, 0.2) is 9.84 Å². The van der Waals surface area contributed by atoms with E-state index in [9.17, 15) is 8.42 Å². The van der Waals surface area contributed by atoms with Gasteiger partial charge >= 0.3 is 0 Å². The van der Waals surface area contributed by atoms with E-state index in [0.717, 1.165) is 23.2 Å². The molecule has 1 heterocycles. The normalized spacial score (nSPS) is 22.1. The Morgan fingerprint density at radius 2 is 2.17 bits per heavy atom. The summed E-state index contributed by atoms with van der Waals surface area (Å²) in [4.78, 5) is 2.07. The maximum atomic E-state index is 11.5. The van der Waals surface area contributed by atoms with E-state index in [-0.39, 0.29) is 11.8 Å². The highest BCUT2D eigenvalue weighted by Gasteiger charge is 2.30. The van der Waals surface area contributed by atoms with E-state index in [4.69, 9.17) is 11.6 Å². The molecule has 0 spiro atoms. The fraction of sp³-hybridized carbons (Fsp3) is 0.538. The molecule has 0 bridgehead atoms. The van der Waals surface area contributed by atoms with Gasteiger partial charge in [0.2, 0.25) is 0 Å². The summed E-state index contributed by atoms with van der Waals surface area (Å²) in [5.74, 6) is 1.08. The molecular weight excluding hydrogens is 270 g/mol. The molecule has 1 saturated heterocycles. The van der Waals surface area contributed by atoms with Crippen LogP contribution in [0.1, 0.15) is 17.5 Å². The topological polar surface area (TPSA) is 37.4 Å². The first-order chi connectivity index (χ1) is 8.43. The summed E-state index contributed by atoms with van der Waals surface area (Å²) in [6.07, 6.45) is 0.717. The minimum absolute atomic E-state index is 0.0938. The molecule has 0 N–H and O–H groups in total. The van der Waals surface area contributed by atoms with Gasteiger partial charge in [-0.25, -0.2) is 8.42 Å². The second-order valence-electron chi connectivity index (χ2n) is 4.91. The van der Waals surface area contributed by atoms with Crippen LogP contribution in [0.2, 0.25) is 0 Å². The molecule has 0 radical (unpaired) electrons. The maximum Gasteiger partial charge on any atom is 0.152 e. The van der Waals surface area contributed by atoms with Crippen LogP contribution in [0.5, 0.6) is 0 Å². The molecule has 1 fully saturated rings. The molecule has 0 aromatic heterocycles. The Kier molecular flexibility index (Phi) is 3.87. The predicted molar refractivity (Wildman–Crippen MR) is 76.2 cm³/mol. The molecular formula is C13H18ClNO2S. The summed E-state index contributed by atoms with van der Waals surface area (Å²) >= 11 is 5.84. The fourth-order valence-electron chi connectivity index (χ4n) is 2.34. The molecule has 1 aliphatic heterocycles. The summed E-state index contributed by atoms with van der Waals surface area (Å²) in [6.45, 7) is 2.03. The number of halogens is 1. The number of rotatable bonds is 3. The summed E-state index contributed by atoms with van der Waals surface area (Å²) in [5.41, 5.74) is 3.33. The Labute approximate surface area is 114 Å². The quantitative estimate of drug-likeness (QED) is 0.801. The highest BCUT2D eigenvalue weighted by molar-refractivity contribution is 7.91. The van der Waals surface area contributed by atoms with Gasteiger partial charge in [-0.2, -0.15) is 0 Å². The standard InChI is InChI=1S/C13H18ClNO2S/c1-10-7-12(4-3-11(10)8-14)15(2)13-5-6-18(16,17)9-13/h3-4,7,13H,5-6,8-9H2,1-2H3. The van der Waals surface area contributed by atoms with Gasteiger partial charge in [0.1, 0.15) is 0 Å². The highest BCUT2D eigenvalue weighted by Crippen LogP contribution is 2.25. The number of benzene rings is 1. The zero-order valence-electron chi connectivity index (χ0n) is 10.7. The average Bonchev–Trinajstić information content (AvgIpc) is 2.68. The molecule has 0 saturated carbocycles. The molecule has 0 amide bonds. The zero-order chi connectivity index (χ0) is 13.3. The van der Waals surface area contributed by atoms with E-state index in [1.54, 1.807) is 0 Å². The van der Waals surface area contributed by atoms with E-state index < -0.39 is 9.84 Å². The number of alkyl halides is 1. The Bertz CT molecular complexity index is 542. The van der Waals surface area contributed by atoms with Crippen molar-refractivity contribution in [1.82, 2.24) is 0 Å². The summed E-state index contributed by atoms with van der Waals surface area (Å²) in [7, 11) is -0.875. The Balaban J connectivity index is 2.19. The van der Waals surface area contributed by atoms with Gasteiger partial charge in [0, 0.05) is 24.7 Å². The van der Waals surface area contributed by atoms with E-state index in [1.165, 1.54) is 0 Å². The lowest BCUT2D eigenvalue weighted by atomic mass is 10.1. The zero-order valence-corrected chi connectivity index (χ0v) is 12.3. The van der Waals surface area contributed by atoms with Crippen molar-refractivity contribution in [1.29, 1.82) is 0 Å². The van der Waals surface area contributed by atoms with E-state index >= 15 is 0 Å². The van der Waals surface area contributed by atoms with E-state index in [1.807, 2.05) is 26.1 Å². The number of aryl methyl sites for hydroxylation is 1. The maximum absolute atomic E-state index is 11.5. The first kappa shape index (κ1) is 13.7. The molecule has 5 heteroatoms. The smallest absolute Gasteiger partial charge is 0.152 e. The van der Waals surface area contributed by atoms with Crippen LogP contribution >= 0.6 is 11.6 Å². The van der Waals surface area contributed by atoms with Crippen LogP contribution in [-0.4, -0.2) is 33.0 Å². The second kappa shape index (κ2) is 5.10. The number of hydrogen-bond donors (Lipinski definition) is 0.